The fourth-order valence-electron chi connectivity index (χ4n) is 2.23. The van der Waals surface area contributed by atoms with Gasteiger partial charge in [-0.1, -0.05) is 12.1 Å². The second-order valence-electron chi connectivity index (χ2n) is 6.26. The number of rotatable bonds is 5. The van der Waals surface area contributed by atoms with Crippen LogP contribution < -0.4 is 11.1 Å². The molecule has 0 aliphatic heterocycles. The highest BCUT2D eigenvalue weighted by atomic mass is 16.1. The van der Waals surface area contributed by atoms with Crippen LogP contribution in [0.3, 0.4) is 0 Å². The van der Waals surface area contributed by atoms with Crippen LogP contribution in [0.5, 0.6) is 0 Å². The fourth-order valence-corrected chi connectivity index (χ4v) is 2.23. The van der Waals surface area contributed by atoms with E-state index < -0.39 is 5.41 Å². The molecule has 0 radical (unpaired) electrons. The summed E-state index contributed by atoms with van der Waals surface area (Å²) in [6.45, 7) is 3.98. The number of anilines is 1. The van der Waals surface area contributed by atoms with Crippen LogP contribution in [0.15, 0.2) is 48.8 Å². The van der Waals surface area contributed by atoms with E-state index >= 15 is 0 Å². The largest absolute Gasteiger partial charge is 0.369 e. The highest BCUT2D eigenvalue weighted by Crippen LogP contribution is 2.25. The molecule has 0 saturated heterocycles. The lowest BCUT2D eigenvalue weighted by Gasteiger charge is -2.21. The lowest BCUT2D eigenvalue weighted by molar-refractivity contribution is -0.125. The summed E-state index contributed by atoms with van der Waals surface area (Å²) in [7, 11) is 0. The number of carbonyl (C=O) groups is 1. The number of benzene rings is 1. The quantitative estimate of drug-likeness (QED) is 0.753. The number of para-hydroxylation sites is 1. The summed E-state index contributed by atoms with van der Waals surface area (Å²) in [5.74, 6) is 0.899. The zero-order valence-electron chi connectivity index (χ0n) is 13.7. The average Bonchev–Trinajstić information content (AvgIpc) is 2.60. The van der Waals surface area contributed by atoms with E-state index in [1.165, 1.54) is 0 Å². The topological polar surface area (TPSA) is 93.8 Å². The van der Waals surface area contributed by atoms with Crippen molar-refractivity contribution >= 4 is 22.6 Å². The molecule has 0 aliphatic carbocycles. The van der Waals surface area contributed by atoms with Crippen LogP contribution in [-0.4, -0.2) is 27.4 Å². The third kappa shape index (κ3) is 3.17. The monoisotopic (exact) mass is 321 g/mol. The highest BCUT2D eigenvalue weighted by molar-refractivity contribution is 5.91. The summed E-state index contributed by atoms with van der Waals surface area (Å²) in [5, 5.41) is 4.14. The van der Waals surface area contributed by atoms with Gasteiger partial charge in [-0.15, -0.1) is 0 Å². The number of nitrogens with two attached hydrogens (primary N) is 1. The van der Waals surface area contributed by atoms with Crippen LogP contribution in [0.1, 0.15) is 13.8 Å². The summed E-state index contributed by atoms with van der Waals surface area (Å²) < 4.78 is 0. The molecule has 3 aromatic rings. The molecule has 0 atom stereocenters. The Hall–Kier alpha value is -3.02. The predicted octanol–water partition coefficient (Wildman–Crippen LogP) is 2.62. The predicted molar refractivity (Wildman–Crippen MR) is 94.2 cm³/mol. The molecule has 3 N–H and O–H groups in total. The van der Waals surface area contributed by atoms with Crippen molar-refractivity contribution in [3.05, 3.63) is 48.8 Å². The first-order valence-electron chi connectivity index (χ1n) is 7.68. The molecule has 0 spiro atoms. The first-order chi connectivity index (χ1) is 11.5. The molecule has 6 nitrogen and oxygen atoms in total. The Morgan fingerprint density at radius 1 is 1.17 bits per heavy atom. The number of nitrogens with zero attached hydrogens (tertiary/aromatic N) is 3. The molecule has 122 valence electrons. The molecule has 0 bridgehead atoms. The smallest absolute Gasteiger partial charge is 0.224 e. The highest BCUT2D eigenvalue weighted by Gasteiger charge is 2.25. The van der Waals surface area contributed by atoms with Gasteiger partial charge in [0.05, 0.1) is 10.9 Å². The van der Waals surface area contributed by atoms with Gasteiger partial charge in [0, 0.05) is 29.9 Å². The Morgan fingerprint density at radius 3 is 2.67 bits per heavy atom. The van der Waals surface area contributed by atoms with Crippen molar-refractivity contribution in [2.45, 2.75) is 13.8 Å². The SMILES string of the molecule is CC(C)(CNc1nc(-c2cccnc2)nc2ccccc12)C(N)=O. The van der Waals surface area contributed by atoms with Crippen molar-refractivity contribution < 1.29 is 4.79 Å². The third-order valence-corrected chi connectivity index (χ3v) is 3.89. The molecule has 2 aromatic heterocycles. The minimum atomic E-state index is -0.680. The Labute approximate surface area is 140 Å². The standard InChI is InChI=1S/C18H19N5O/c1-18(2,17(19)24)11-21-16-13-7-3-4-8-14(13)22-15(23-16)12-6-5-9-20-10-12/h3-10H,11H2,1-2H3,(H2,19,24)(H,21,22,23). The number of fused-ring (bicyclic) bond motifs is 1. The first kappa shape index (κ1) is 15.9. The minimum Gasteiger partial charge on any atom is -0.369 e. The van der Waals surface area contributed by atoms with Crippen LogP contribution in [0.4, 0.5) is 5.82 Å². The summed E-state index contributed by atoms with van der Waals surface area (Å²) in [4.78, 5) is 24.9. The van der Waals surface area contributed by atoms with E-state index in [9.17, 15) is 4.79 Å². The van der Waals surface area contributed by atoms with Crippen LogP contribution in [0.2, 0.25) is 0 Å². The Morgan fingerprint density at radius 2 is 1.96 bits per heavy atom. The third-order valence-electron chi connectivity index (χ3n) is 3.89. The molecule has 0 saturated carbocycles. The van der Waals surface area contributed by atoms with E-state index in [0.29, 0.717) is 18.2 Å². The van der Waals surface area contributed by atoms with Crippen molar-refractivity contribution in [3.8, 4) is 11.4 Å². The zero-order valence-corrected chi connectivity index (χ0v) is 13.7. The lowest BCUT2D eigenvalue weighted by atomic mass is 9.93. The van der Waals surface area contributed by atoms with Crippen molar-refractivity contribution in [2.75, 3.05) is 11.9 Å². The molecule has 0 unspecified atom stereocenters. The van der Waals surface area contributed by atoms with Crippen molar-refractivity contribution in [1.82, 2.24) is 15.0 Å². The van der Waals surface area contributed by atoms with Crippen molar-refractivity contribution in [1.29, 1.82) is 0 Å². The minimum absolute atomic E-state index is 0.360. The van der Waals surface area contributed by atoms with Gasteiger partial charge in [0.1, 0.15) is 5.82 Å². The van der Waals surface area contributed by atoms with Gasteiger partial charge in [0.25, 0.3) is 0 Å². The normalized spacial score (nSPS) is 11.4. The maximum absolute atomic E-state index is 11.5. The molecule has 0 aliphatic rings. The number of carbonyl (C=O) groups excluding carboxylic acids is 1. The molecular formula is C18H19N5O. The number of pyridine rings is 1. The zero-order chi connectivity index (χ0) is 17.2. The molecular weight excluding hydrogens is 302 g/mol. The molecule has 6 heteroatoms. The van der Waals surface area contributed by atoms with E-state index in [-0.39, 0.29) is 5.91 Å². The van der Waals surface area contributed by atoms with Gasteiger partial charge in [-0.3, -0.25) is 9.78 Å². The molecule has 3 rings (SSSR count). The van der Waals surface area contributed by atoms with Crippen LogP contribution in [0, 0.1) is 5.41 Å². The Kier molecular flexibility index (Phi) is 4.12. The number of nitrogens with one attached hydrogen (secondary N) is 1. The number of hydrogen-bond acceptors (Lipinski definition) is 5. The molecule has 2 heterocycles. The van der Waals surface area contributed by atoms with E-state index in [0.717, 1.165) is 16.5 Å². The first-order valence-corrected chi connectivity index (χ1v) is 7.68. The van der Waals surface area contributed by atoms with Crippen LogP contribution >= 0.6 is 0 Å². The maximum atomic E-state index is 11.5. The lowest BCUT2D eigenvalue weighted by Crippen LogP contribution is -2.37. The van der Waals surface area contributed by atoms with E-state index in [1.807, 2.05) is 36.4 Å². The van der Waals surface area contributed by atoms with Gasteiger partial charge in [0.2, 0.25) is 5.91 Å². The van der Waals surface area contributed by atoms with Gasteiger partial charge in [-0.05, 0) is 38.1 Å². The Bertz CT molecular complexity index is 877. The summed E-state index contributed by atoms with van der Waals surface area (Å²) in [6, 6.07) is 11.5. The number of hydrogen-bond donors (Lipinski definition) is 2. The number of aromatic nitrogens is 3. The second kappa shape index (κ2) is 6.23. The van der Waals surface area contributed by atoms with Gasteiger partial charge in [-0.25, -0.2) is 9.97 Å². The number of primary amides is 1. The molecule has 1 aromatic carbocycles. The summed E-state index contributed by atoms with van der Waals surface area (Å²) >= 11 is 0. The van der Waals surface area contributed by atoms with Crippen LogP contribution in [-0.2, 0) is 4.79 Å². The molecule has 0 fully saturated rings. The van der Waals surface area contributed by atoms with Gasteiger partial charge >= 0.3 is 0 Å². The molecule has 1 amide bonds. The van der Waals surface area contributed by atoms with E-state index in [2.05, 4.69) is 20.3 Å². The van der Waals surface area contributed by atoms with Gasteiger partial charge in [-0.2, -0.15) is 0 Å². The van der Waals surface area contributed by atoms with Gasteiger partial charge < -0.3 is 11.1 Å². The second-order valence-corrected chi connectivity index (χ2v) is 6.26. The van der Waals surface area contributed by atoms with Crippen molar-refractivity contribution in [2.24, 2.45) is 11.1 Å². The fraction of sp³-hybridized carbons (Fsp3) is 0.222. The maximum Gasteiger partial charge on any atom is 0.224 e. The van der Waals surface area contributed by atoms with Crippen molar-refractivity contribution in [3.63, 3.8) is 0 Å². The van der Waals surface area contributed by atoms with E-state index in [1.54, 1.807) is 26.2 Å². The number of amides is 1. The Balaban J connectivity index is 2.04. The van der Waals surface area contributed by atoms with Gasteiger partial charge in [0.15, 0.2) is 5.82 Å². The molecule has 24 heavy (non-hydrogen) atoms. The van der Waals surface area contributed by atoms with E-state index in [4.69, 9.17) is 5.73 Å². The summed E-state index contributed by atoms with van der Waals surface area (Å²) in [5.41, 5.74) is 6.43. The van der Waals surface area contributed by atoms with Crippen LogP contribution in [0.25, 0.3) is 22.3 Å². The average molecular weight is 321 g/mol. The summed E-state index contributed by atoms with van der Waals surface area (Å²) in [6.07, 6.45) is 3.43.